The van der Waals surface area contributed by atoms with Gasteiger partial charge in [0.15, 0.2) is 11.5 Å². The van der Waals surface area contributed by atoms with E-state index in [0.717, 1.165) is 16.3 Å². The summed E-state index contributed by atoms with van der Waals surface area (Å²) < 4.78 is 5.36. The van der Waals surface area contributed by atoms with Crippen molar-refractivity contribution in [2.45, 2.75) is 7.43 Å². The zero-order valence-electron chi connectivity index (χ0n) is 13.4. The third-order valence-corrected chi connectivity index (χ3v) is 3.75. The van der Waals surface area contributed by atoms with Crippen LogP contribution in [0.1, 0.15) is 23.3 Å². The summed E-state index contributed by atoms with van der Waals surface area (Å²) in [4.78, 5) is 12.1. The molecule has 0 fully saturated rings. The molecule has 0 saturated carbocycles. The van der Waals surface area contributed by atoms with E-state index in [4.69, 9.17) is 4.74 Å². The highest BCUT2D eigenvalue weighted by molar-refractivity contribution is 6.03. The van der Waals surface area contributed by atoms with Crippen LogP contribution in [0, 0.1) is 0 Å². The maximum atomic E-state index is 12.1. The van der Waals surface area contributed by atoms with Gasteiger partial charge in [0.2, 0.25) is 0 Å². The van der Waals surface area contributed by atoms with E-state index in [-0.39, 0.29) is 24.5 Å². The number of carbonyl (C=O) groups excluding carboxylic acids is 1. The lowest BCUT2D eigenvalue weighted by Gasteiger charge is -2.08. The summed E-state index contributed by atoms with van der Waals surface area (Å²) in [5, 5.41) is 24.7. The number of hydrogen-bond donors (Lipinski definition) is 3. The summed E-state index contributed by atoms with van der Waals surface area (Å²) in [5.41, 5.74) is 3.32. The Hall–Kier alpha value is -3.54. The van der Waals surface area contributed by atoms with Crippen molar-refractivity contribution in [3.63, 3.8) is 0 Å². The van der Waals surface area contributed by atoms with E-state index >= 15 is 0 Å². The second-order valence-corrected chi connectivity index (χ2v) is 5.31. The van der Waals surface area contributed by atoms with Crippen LogP contribution in [-0.2, 0) is 0 Å². The molecule has 6 heteroatoms. The fraction of sp³-hybridized carbons (Fsp3) is 0.100. The maximum Gasteiger partial charge on any atom is 0.271 e. The number of nitrogens with one attached hydrogen (secondary N) is 1. The van der Waals surface area contributed by atoms with Gasteiger partial charge < -0.3 is 14.9 Å². The monoisotopic (exact) mass is 352 g/mol. The highest BCUT2D eigenvalue weighted by Gasteiger charge is 2.09. The van der Waals surface area contributed by atoms with Crippen LogP contribution >= 0.6 is 0 Å². The first kappa shape index (κ1) is 18.8. The molecule has 0 aliphatic carbocycles. The van der Waals surface area contributed by atoms with Crippen molar-refractivity contribution in [3.05, 3.63) is 65.7 Å². The summed E-state index contributed by atoms with van der Waals surface area (Å²) >= 11 is 0. The Morgan fingerprint density at radius 3 is 2.58 bits per heavy atom. The molecule has 3 aromatic carbocycles. The Kier molecular flexibility index (Phi) is 5.80. The van der Waals surface area contributed by atoms with Crippen molar-refractivity contribution in [1.29, 1.82) is 0 Å². The van der Waals surface area contributed by atoms with Gasteiger partial charge in [-0.3, -0.25) is 4.79 Å². The van der Waals surface area contributed by atoms with Crippen LogP contribution < -0.4 is 10.2 Å². The molecule has 3 rings (SSSR count). The van der Waals surface area contributed by atoms with Gasteiger partial charge in [0, 0.05) is 11.1 Å². The Morgan fingerprint density at radius 1 is 1.08 bits per heavy atom. The van der Waals surface area contributed by atoms with E-state index in [2.05, 4.69) is 10.5 Å². The van der Waals surface area contributed by atoms with Crippen molar-refractivity contribution in [2.24, 2.45) is 5.10 Å². The number of phenols is 2. The second-order valence-electron chi connectivity index (χ2n) is 5.31. The van der Waals surface area contributed by atoms with Crippen LogP contribution in [0.5, 0.6) is 17.2 Å². The predicted octanol–water partition coefficient (Wildman–Crippen LogP) is 3.66. The number of aromatic hydroxyl groups is 2. The lowest BCUT2D eigenvalue weighted by atomic mass is 10.0. The van der Waals surface area contributed by atoms with Gasteiger partial charge in [-0.05, 0) is 35.0 Å². The third kappa shape index (κ3) is 3.75. The SMILES string of the molecule is C.COc1ccc2ccccc2c1/C=N/NC(=O)c1ccc(O)c(O)c1. The predicted molar refractivity (Wildman–Crippen MR) is 102 cm³/mol. The zero-order valence-corrected chi connectivity index (χ0v) is 13.4. The average molecular weight is 352 g/mol. The van der Waals surface area contributed by atoms with Gasteiger partial charge in [-0.2, -0.15) is 5.10 Å². The van der Waals surface area contributed by atoms with E-state index in [1.807, 2.05) is 36.4 Å². The lowest BCUT2D eigenvalue weighted by molar-refractivity contribution is 0.0954. The molecule has 0 bridgehead atoms. The first-order valence-electron chi connectivity index (χ1n) is 7.51. The number of amides is 1. The van der Waals surface area contributed by atoms with Crippen LogP contribution in [0.15, 0.2) is 59.7 Å². The van der Waals surface area contributed by atoms with E-state index < -0.39 is 5.91 Å². The molecule has 1 amide bonds. The number of hydrazone groups is 1. The number of ether oxygens (including phenoxy) is 1. The zero-order chi connectivity index (χ0) is 17.8. The maximum absolute atomic E-state index is 12.1. The van der Waals surface area contributed by atoms with Gasteiger partial charge in [0.25, 0.3) is 5.91 Å². The van der Waals surface area contributed by atoms with Crippen LogP contribution in [0.25, 0.3) is 10.8 Å². The summed E-state index contributed by atoms with van der Waals surface area (Å²) in [6, 6.07) is 15.3. The minimum Gasteiger partial charge on any atom is -0.504 e. The molecule has 0 unspecified atom stereocenters. The van der Waals surface area contributed by atoms with Crippen molar-refractivity contribution in [1.82, 2.24) is 5.43 Å². The molecule has 26 heavy (non-hydrogen) atoms. The number of fused-ring (bicyclic) bond motifs is 1. The Labute approximate surface area is 151 Å². The van der Waals surface area contributed by atoms with E-state index in [0.29, 0.717) is 5.75 Å². The number of methoxy groups -OCH3 is 1. The quantitative estimate of drug-likeness (QED) is 0.380. The van der Waals surface area contributed by atoms with Crippen molar-refractivity contribution in [3.8, 4) is 17.2 Å². The summed E-state index contributed by atoms with van der Waals surface area (Å²) in [6.45, 7) is 0. The summed E-state index contributed by atoms with van der Waals surface area (Å²) in [7, 11) is 1.57. The number of nitrogens with zero attached hydrogens (tertiary/aromatic N) is 1. The smallest absolute Gasteiger partial charge is 0.271 e. The van der Waals surface area contributed by atoms with Crippen LogP contribution in [-0.4, -0.2) is 29.4 Å². The Morgan fingerprint density at radius 2 is 1.85 bits per heavy atom. The minimum absolute atomic E-state index is 0. The molecule has 0 radical (unpaired) electrons. The fourth-order valence-electron chi connectivity index (χ4n) is 2.47. The number of carbonyl (C=O) groups is 1. The number of hydrogen-bond acceptors (Lipinski definition) is 5. The fourth-order valence-corrected chi connectivity index (χ4v) is 2.47. The Balaban J connectivity index is 0.00000243. The van der Waals surface area contributed by atoms with Gasteiger partial charge in [-0.15, -0.1) is 0 Å². The molecule has 0 saturated heterocycles. The van der Waals surface area contributed by atoms with Crippen molar-refractivity contribution in [2.75, 3.05) is 7.11 Å². The summed E-state index contributed by atoms with van der Waals surface area (Å²) in [5.74, 6) is -0.530. The molecular weight excluding hydrogens is 332 g/mol. The molecule has 6 nitrogen and oxygen atoms in total. The second kappa shape index (κ2) is 8.02. The van der Waals surface area contributed by atoms with Gasteiger partial charge >= 0.3 is 0 Å². The third-order valence-electron chi connectivity index (χ3n) is 3.75. The van der Waals surface area contributed by atoms with Crippen LogP contribution in [0.2, 0.25) is 0 Å². The van der Waals surface area contributed by atoms with Crippen molar-refractivity contribution >= 4 is 22.9 Å². The number of benzene rings is 3. The molecule has 3 N–H and O–H groups in total. The number of rotatable bonds is 4. The average Bonchev–Trinajstić information content (AvgIpc) is 2.63. The van der Waals surface area contributed by atoms with Gasteiger partial charge in [0.05, 0.1) is 13.3 Å². The van der Waals surface area contributed by atoms with E-state index in [1.165, 1.54) is 24.4 Å². The molecule has 3 aromatic rings. The standard InChI is InChI=1S/C19H16N2O4.CH4/c1-25-18-9-7-12-4-2-3-5-14(12)15(18)11-20-21-19(24)13-6-8-16(22)17(23)10-13;/h2-11,22-23H,1H3,(H,21,24);1H4/b20-11+;. The highest BCUT2D eigenvalue weighted by atomic mass is 16.5. The normalized spacial score (nSPS) is 10.5. The molecular formula is C20H20N2O4. The van der Waals surface area contributed by atoms with Crippen LogP contribution in [0.4, 0.5) is 0 Å². The molecule has 0 atom stereocenters. The Bertz CT molecular complexity index is 967. The van der Waals surface area contributed by atoms with E-state index in [1.54, 1.807) is 7.11 Å². The first-order valence-corrected chi connectivity index (χ1v) is 7.51. The largest absolute Gasteiger partial charge is 0.504 e. The van der Waals surface area contributed by atoms with E-state index in [9.17, 15) is 15.0 Å². The molecule has 0 aliphatic rings. The number of phenolic OH excluding ortho intramolecular Hbond substituents is 2. The molecule has 0 spiro atoms. The molecule has 0 aliphatic heterocycles. The van der Waals surface area contributed by atoms with Gasteiger partial charge in [0.1, 0.15) is 5.75 Å². The molecule has 0 aromatic heterocycles. The van der Waals surface area contributed by atoms with Crippen LogP contribution in [0.3, 0.4) is 0 Å². The summed E-state index contributed by atoms with van der Waals surface area (Å²) in [6.07, 6.45) is 1.51. The topological polar surface area (TPSA) is 91.2 Å². The highest BCUT2D eigenvalue weighted by Crippen LogP contribution is 2.26. The van der Waals surface area contributed by atoms with Crippen molar-refractivity contribution < 1.29 is 19.7 Å². The molecule has 0 heterocycles. The minimum atomic E-state index is -0.509. The van der Waals surface area contributed by atoms with Gasteiger partial charge in [-0.1, -0.05) is 37.8 Å². The van der Waals surface area contributed by atoms with Gasteiger partial charge in [-0.25, -0.2) is 5.43 Å². The first-order chi connectivity index (χ1) is 12.1. The lowest BCUT2D eigenvalue weighted by Crippen LogP contribution is -2.17. The molecule has 134 valence electrons.